The molecule has 6 heteroatoms. The first kappa shape index (κ1) is 17.0. The van der Waals surface area contributed by atoms with Crippen molar-refractivity contribution in [1.29, 1.82) is 0 Å². The van der Waals surface area contributed by atoms with E-state index in [1.807, 2.05) is 22.4 Å². The molecule has 122 valence electrons. The summed E-state index contributed by atoms with van der Waals surface area (Å²) < 4.78 is 0. The maximum atomic E-state index is 12.3. The number of amides is 1. The van der Waals surface area contributed by atoms with Gasteiger partial charge >= 0.3 is 5.97 Å². The highest BCUT2D eigenvalue weighted by Gasteiger charge is 2.32. The molecule has 2 atom stereocenters. The SMILES string of the molecule is CC(C)(C)C(NC(=O)CN1CCC(C(=O)O)C1)c1cccs1. The van der Waals surface area contributed by atoms with Crippen molar-refractivity contribution in [1.82, 2.24) is 10.2 Å². The Labute approximate surface area is 135 Å². The monoisotopic (exact) mass is 324 g/mol. The Bertz CT molecular complexity index is 522. The average Bonchev–Trinajstić information content (AvgIpc) is 3.05. The van der Waals surface area contributed by atoms with Gasteiger partial charge < -0.3 is 10.4 Å². The summed E-state index contributed by atoms with van der Waals surface area (Å²) in [5.74, 6) is -1.16. The van der Waals surface area contributed by atoms with E-state index in [1.54, 1.807) is 11.3 Å². The van der Waals surface area contributed by atoms with Gasteiger partial charge in [0, 0.05) is 11.4 Å². The number of carbonyl (C=O) groups is 2. The predicted molar refractivity (Wildman–Crippen MR) is 86.8 cm³/mol. The highest BCUT2D eigenvalue weighted by atomic mass is 32.1. The van der Waals surface area contributed by atoms with Gasteiger partial charge in [-0.05, 0) is 29.8 Å². The zero-order valence-corrected chi connectivity index (χ0v) is 14.2. The molecule has 0 radical (unpaired) electrons. The molecule has 22 heavy (non-hydrogen) atoms. The lowest BCUT2D eigenvalue weighted by Crippen LogP contribution is -2.42. The normalized spacial score (nSPS) is 20.8. The molecule has 1 aromatic heterocycles. The summed E-state index contributed by atoms with van der Waals surface area (Å²) in [4.78, 5) is 26.4. The summed E-state index contributed by atoms with van der Waals surface area (Å²) in [6, 6.07) is 4.00. The molecule has 0 aliphatic carbocycles. The maximum absolute atomic E-state index is 12.3. The van der Waals surface area contributed by atoms with E-state index in [1.165, 1.54) is 0 Å². The van der Waals surface area contributed by atoms with Crippen LogP contribution in [0.25, 0.3) is 0 Å². The van der Waals surface area contributed by atoms with Crippen LogP contribution in [0, 0.1) is 11.3 Å². The number of rotatable bonds is 5. The number of hydrogen-bond donors (Lipinski definition) is 2. The van der Waals surface area contributed by atoms with Crippen LogP contribution in [-0.2, 0) is 9.59 Å². The van der Waals surface area contributed by atoms with Crippen LogP contribution in [-0.4, -0.2) is 41.5 Å². The Hall–Kier alpha value is -1.40. The van der Waals surface area contributed by atoms with Gasteiger partial charge in [-0.3, -0.25) is 14.5 Å². The van der Waals surface area contributed by atoms with Crippen molar-refractivity contribution in [3.05, 3.63) is 22.4 Å². The zero-order chi connectivity index (χ0) is 16.3. The Morgan fingerprint density at radius 2 is 2.23 bits per heavy atom. The number of nitrogens with zero attached hydrogens (tertiary/aromatic N) is 1. The molecule has 1 saturated heterocycles. The standard InChI is InChI=1S/C16H24N2O3S/c1-16(2,3)14(12-5-4-8-22-12)17-13(19)10-18-7-6-11(9-18)15(20)21/h4-5,8,11,14H,6-7,9-10H2,1-3H3,(H,17,19)(H,20,21). The number of carbonyl (C=O) groups excluding carboxylic acids is 1. The van der Waals surface area contributed by atoms with Crippen LogP contribution in [0.5, 0.6) is 0 Å². The molecule has 1 aromatic rings. The summed E-state index contributed by atoms with van der Waals surface area (Å²) >= 11 is 1.64. The van der Waals surface area contributed by atoms with Crippen molar-refractivity contribution in [2.45, 2.75) is 33.2 Å². The maximum Gasteiger partial charge on any atom is 0.307 e. The summed E-state index contributed by atoms with van der Waals surface area (Å²) in [5, 5.41) is 14.1. The molecule has 5 nitrogen and oxygen atoms in total. The first-order valence-corrected chi connectivity index (χ1v) is 8.43. The second-order valence-electron chi connectivity index (χ2n) is 6.94. The number of likely N-dealkylation sites (tertiary alicyclic amines) is 1. The van der Waals surface area contributed by atoms with E-state index in [0.29, 0.717) is 19.5 Å². The molecule has 1 amide bonds. The number of carboxylic acids is 1. The van der Waals surface area contributed by atoms with Crippen LogP contribution in [0.15, 0.2) is 17.5 Å². The van der Waals surface area contributed by atoms with Gasteiger partial charge in [-0.25, -0.2) is 0 Å². The second-order valence-corrected chi connectivity index (χ2v) is 7.92. The lowest BCUT2D eigenvalue weighted by atomic mass is 9.85. The van der Waals surface area contributed by atoms with Crippen molar-refractivity contribution in [2.75, 3.05) is 19.6 Å². The van der Waals surface area contributed by atoms with Gasteiger partial charge in [0.05, 0.1) is 18.5 Å². The van der Waals surface area contributed by atoms with Crippen molar-refractivity contribution < 1.29 is 14.7 Å². The van der Waals surface area contributed by atoms with E-state index in [4.69, 9.17) is 5.11 Å². The highest BCUT2D eigenvalue weighted by Crippen LogP contribution is 2.35. The topological polar surface area (TPSA) is 69.6 Å². The number of nitrogens with one attached hydrogen (secondary N) is 1. The summed E-state index contributed by atoms with van der Waals surface area (Å²) in [6.07, 6.45) is 0.621. The quantitative estimate of drug-likeness (QED) is 0.872. The molecule has 0 saturated carbocycles. The zero-order valence-electron chi connectivity index (χ0n) is 13.3. The fourth-order valence-corrected chi connectivity index (χ4v) is 3.78. The molecule has 0 aromatic carbocycles. The van der Waals surface area contributed by atoms with Gasteiger partial charge in [0.25, 0.3) is 0 Å². The molecule has 2 rings (SSSR count). The number of thiophene rings is 1. The molecule has 2 unspecified atom stereocenters. The first-order valence-electron chi connectivity index (χ1n) is 7.55. The third-order valence-electron chi connectivity index (χ3n) is 3.99. The Kier molecular flexibility index (Phi) is 5.24. The van der Waals surface area contributed by atoms with Gasteiger partial charge in [0.15, 0.2) is 0 Å². The molecule has 0 spiro atoms. The number of carboxylic acid groups (broad SMARTS) is 1. The molecule has 0 bridgehead atoms. The van der Waals surface area contributed by atoms with Crippen molar-refractivity contribution in [3.8, 4) is 0 Å². The lowest BCUT2D eigenvalue weighted by molar-refractivity contribution is -0.141. The van der Waals surface area contributed by atoms with E-state index >= 15 is 0 Å². The largest absolute Gasteiger partial charge is 0.481 e. The fraction of sp³-hybridized carbons (Fsp3) is 0.625. The minimum Gasteiger partial charge on any atom is -0.481 e. The average molecular weight is 324 g/mol. The molecular weight excluding hydrogens is 300 g/mol. The fourth-order valence-electron chi connectivity index (χ4n) is 2.76. The molecule has 2 N–H and O–H groups in total. The first-order chi connectivity index (χ1) is 10.3. The Morgan fingerprint density at radius 1 is 1.50 bits per heavy atom. The minimum atomic E-state index is -0.769. The second kappa shape index (κ2) is 6.79. The van der Waals surface area contributed by atoms with E-state index < -0.39 is 5.97 Å². The van der Waals surface area contributed by atoms with Gasteiger partial charge in [0.2, 0.25) is 5.91 Å². The third kappa shape index (κ3) is 4.30. The van der Waals surface area contributed by atoms with E-state index in [9.17, 15) is 9.59 Å². The van der Waals surface area contributed by atoms with Crippen LogP contribution in [0.3, 0.4) is 0 Å². The molecule has 2 heterocycles. The van der Waals surface area contributed by atoms with Gasteiger partial charge in [0.1, 0.15) is 0 Å². The molecule has 1 fully saturated rings. The van der Waals surface area contributed by atoms with E-state index in [-0.39, 0.29) is 29.8 Å². The smallest absolute Gasteiger partial charge is 0.307 e. The van der Waals surface area contributed by atoms with Gasteiger partial charge in [-0.1, -0.05) is 26.8 Å². The van der Waals surface area contributed by atoms with Gasteiger partial charge in [-0.15, -0.1) is 11.3 Å². The Morgan fingerprint density at radius 3 is 2.73 bits per heavy atom. The third-order valence-corrected chi connectivity index (χ3v) is 4.93. The predicted octanol–water partition coefficient (Wildman–Crippen LogP) is 2.36. The molecular formula is C16H24N2O3S. The van der Waals surface area contributed by atoms with Crippen LogP contribution >= 0.6 is 11.3 Å². The highest BCUT2D eigenvalue weighted by molar-refractivity contribution is 7.10. The van der Waals surface area contributed by atoms with E-state index in [0.717, 1.165) is 4.88 Å². The number of aliphatic carboxylic acids is 1. The summed E-state index contributed by atoms with van der Waals surface area (Å²) in [5.41, 5.74) is -0.0743. The minimum absolute atomic E-state index is 0.0297. The van der Waals surface area contributed by atoms with Crippen molar-refractivity contribution in [3.63, 3.8) is 0 Å². The van der Waals surface area contributed by atoms with Crippen molar-refractivity contribution >= 4 is 23.2 Å². The van der Waals surface area contributed by atoms with E-state index in [2.05, 4.69) is 26.1 Å². The van der Waals surface area contributed by atoms with Crippen LogP contribution in [0.2, 0.25) is 0 Å². The molecule has 1 aliphatic rings. The summed E-state index contributed by atoms with van der Waals surface area (Å²) in [7, 11) is 0. The van der Waals surface area contributed by atoms with Crippen LogP contribution in [0.4, 0.5) is 0 Å². The Balaban J connectivity index is 1.94. The molecule has 1 aliphatic heterocycles. The van der Waals surface area contributed by atoms with Crippen LogP contribution < -0.4 is 5.32 Å². The van der Waals surface area contributed by atoms with Crippen molar-refractivity contribution in [2.24, 2.45) is 11.3 Å². The summed E-state index contributed by atoms with van der Waals surface area (Å²) in [6.45, 7) is 7.71. The number of hydrogen-bond acceptors (Lipinski definition) is 4. The van der Waals surface area contributed by atoms with Crippen LogP contribution in [0.1, 0.15) is 38.1 Å². The lowest BCUT2D eigenvalue weighted by Gasteiger charge is -2.31. The van der Waals surface area contributed by atoms with Gasteiger partial charge in [-0.2, -0.15) is 0 Å².